The molecule has 21 heavy (non-hydrogen) atoms. The first-order valence-electron chi connectivity index (χ1n) is 6.84. The largest absolute Gasteiger partial charge is 0.399 e. The molecule has 0 bridgehead atoms. The molecule has 1 fully saturated rings. The Kier molecular flexibility index (Phi) is 3.40. The lowest BCUT2D eigenvalue weighted by molar-refractivity contribution is -0.136. The average molecular weight is 291 g/mol. The SMILES string of the molecule is Nc1ccc2c(c1)CC(=O)N(C1CCC(O)NC1O)C2=O. The zero-order chi connectivity index (χ0) is 15.1. The van der Waals surface area contributed by atoms with Crippen molar-refractivity contribution in [2.75, 3.05) is 5.73 Å². The van der Waals surface area contributed by atoms with Crippen molar-refractivity contribution in [3.63, 3.8) is 0 Å². The summed E-state index contributed by atoms with van der Waals surface area (Å²) in [5.74, 6) is -0.788. The van der Waals surface area contributed by atoms with Crippen LogP contribution in [-0.2, 0) is 11.2 Å². The number of nitrogens with zero attached hydrogens (tertiary/aromatic N) is 1. The van der Waals surface area contributed by atoms with Gasteiger partial charge in [-0.25, -0.2) is 0 Å². The maximum Gasteiger partial charge on any atom is 0.261 e. The number of hydrogen-bond acceptors (Lipinski definition) is 6. The van der Waals surface area contributed by atoms with Crippen LogP contribution < -0.4 is 11.1 Å². The number of nitrogen functional groups attached to an aromatic ring is 1. The third-order valence-corrected chi connectivity index (χ3v) is 3.98. The summed E-state index contributed by atoms with van der Waals surface area (Å²) < 4.78 is 0. The number of carbonyl (C=O) groups excluding carboxylic acids is 2. The molecule has 0 saturated carbocycles. The summed E-state index contributed by atoms with van der Waals surface area (Å²) in [5, 5.41) is 22.0. The predicted octanol–water partition coefficient (Wildman–Crippen LogP) is -0.818. The zero-order valence-corrected chi connectivity index (χ0v) is 11.3. The van der Waals surface area contributed by atoms with Crippen molar-refractivity contribution >= 4 is 17.5 Å². The van der Waals surface area contributed by atoms with Gasteiger partial charge in [0.05, 0.1) is 12.5 Å². The quantitative estimate of drug-likeness (QED) is 0.397. The fourth-order valence-corrected chi connectivity index (χ4v) is 2.94. The van der Waals surface area contributed by atoms with Gasteiger partial charge >= 0.3 is 0 Å². The van der Waals surface area contributed by atoms with Crippen LogP contribution in [0.2, 0.25) is 0 Å². The molecule has 0 radical (unpaired) electrons. The van der Waals surface area contributed by atoms with Crippen LogP contribution in [0, 0.1) is 0 Å². The minimum absolute atomic E-state index is 0.0812. The molecule has 2 aliphatic rings. The number of amides is 2. The van der Waals surface area contributed by atoms with Gasteiger partial charge in [-0.15, -0.1) is 0 Å². The Morgan fingerprint density at radius 1 is 1.24 bits per heavy atom. The number of nitrogens with one attached hydrogen (secondary N) is 1. The van der Waals surface area contributed by atoms with Crippen molar-refractivity contribution in [1.82, 2.24) is 10.2 Å². The number of aliphatic hydroxyl groups excluding tert-OH is 2. The van der Waals surface area contributed by atoms with E-state index >= 15 is 0 Å². The number of hydrogen-bond donors (Lipinski definition) is 4. The Morgan fingerprint density at radius 2 is 2.00 bits per heavy atom. The summed E-state index contributed by atoms with van der Waals surface area (Å²) in [6.45, 7) is 0. The number of piperidine rings is 1. The number of nitrogens with two attached hydrogens (primary N) is 1. The van der Waals surface area contributed by atoms with Crippen molar-refractivity contribution in [1.29, 1.82) is 0 Å². The van der Waals surface area contributed by atoms with Crippen molar-refractivity contribution in [2.45, 2.75) is 37.8 Å². The predicted molar refractivity (Wildman–Crippen MR) is 73.9 cm³/mol. The van der Waals surface area contributed by atoms with E-state index < -0.39 is 24.4 Å². The standard InChI is InChI=1S/C14H17N3O4/c15-8-1-2-9-7(5-8)6-12(19)17(14(9)21)10-3-4-11(18)16-13(10)20/h1-2,5,10-11,13,16,18,20H,3-4,6,15H2. The van der Waals surface area contributed by atoms with Gasteiger partial charge in [0.2, 0.25) is 5.91 Å². The third-order valence-electron chi connectivity index (χ3n) is 3.98. The van der Waals surface area contributed by atoms with Gasteiger partial charge in [-0.05, 0) is 36.6 Å². The number of imide groups is 1. The van der Waals surface area contributed by atoms with Crippen LogP contribution in [0.4, 0.5) is 5.69 Å². The number of fused-ring (bicyclic) bond motifs is 1. The minimum Gasteiger partial charge on any atom is -0.399 e. The summed E-state index contributed by atoms with van der Waals surface area (Å²) in [6.07, 6.45) is -1.14. The van der Waals surface area contributed by atoms with Crippen LogP contribution in [0.25, 0.3) is 0 Å². The van der Waals surface area contributed by atoms with E-state index in [9.17, 15) is 19.8 Å². The molecule has 5 N–H and O–H groups in total. The molecule has 1 saturated heterocycles. The lowest BCUT2D eigenvalue weighted by atomic mass is 9.94. The molecule has 1 aromatic rings. The fraction of sp³-hybridized carbons (Fsp3) is 0.429. The molecule has 3 unspecified atom stereocenters. The summed E-state index contributed by atoms with van der Waals surface area (Å²) in [6, 6.07) is 4.18. The second-order valence-electron chi connectivity index (χ2n) is 5.43. The highest BCUT2D eigenvalue weighted by Gasteiger charge is 2.41. The van der Waals surface area contributed by atoms with Crippen LogP contribution in [-0.4, -0.2) is 45.4 Å². The maximum absolute atomic E-state index is 12.5. The number of rotatable bonds is 1. The van der Waals surface area contributed by atoms with Gasteiger partial charge in [0.1, 0.15) is 12.5 Å². The fourth-order valence-electron chi connectivity index (χ4n) is 2.94. The Morgan fingerprint density at radius 3 is 2.71 bits per heavy atom. The van der Waals surface area contributed by atoms with Gasteiger partial charge < -0.3 is 15.9 Å². The van der Waals surface area contributed by atoms with E-state index in [1.54, 1.807) is 18.2 Å². The number of benzene rings is 1. The van der Waals surface area contributed by atoms with Crippen LogP contribution in [0.1, 0.15) is 28.8 Å². The van der Waals surface area contributed by atoms with Crippen LogP contribution >= 0.6 is 0 Å². The molecule has 7 heteroatoms. The topological polar surface area (TPSA) is 116 Å². The molecule has 2 amide bonds. The van der Waals surface area contributed by atoms with E-state index in [0.29, 0.717) is 29.7 Å². The molecule has 3 atom stereocenters. The van der Waals surface area contributed by atoms with Gasteiger partial charge in [0, 0.05) is 11.3 Å². The molecule has 7 nitrogen and oxygen atoms in total. The van der Waals surface area contributed by atoms with Gasteiger partial charge in [-0.3, -0.25) is 19.8 Å². The Labute approximate surface area is 121 Å². The maximum atomic E-state index is 12.5. The van der Waals surface area contributed by atoms with Crippen molar-refractivity contribution in [3.8, 4) is 0 Å². The number of aliphatic hydroxyl groups is 2. The van der Waals surface area contributed by atoms with Crippen LogP contribution in [0.15, 0.2) is 18.2 Å². The summed E-state index contributed by atoms with van der Waals surface area (Å²) in [4.78, 5) is 25.9. The van der Waals surface area contributed by atoms with E-state index in [4.69, 9.17) is 5.73 Å². The first kappa shape index (κ1) is 14.0. The van der Waals surface area contributed by atoms with E-state index in [1.165, 1.54) is 0 Å². The molecular formula is C14H17N3O4. The highest BCUT2D eigenvalue weighted by molar-refractivity contribution is 6.10. The van der Waals surface area contributed by atoms with E-state index in [2.05, 4.69) is 5.32 Å². The highest BCUT2D eigenvalue weighted by Crippen LogP contribution is 2.27. The molecule has 1 aromatic carbocycles. The Balaban J connectivity index is 1.92. The normalized spacial score (nSPS) is 29.4. The number of anilines is 1. The highest BCUT2D eigenvalue weighted by atomic mass is 16.3. The molecule has 2 aliphatic heterocycles. The van der Waals surface area contributed by atoms with Gasteiger partial charge in [0.15, 0.2) is 0 Å². The Bertz CT molecular complexity index is 604. The first-order valence-corrected chi connectivity index (χ1v) is 6.84. The third kappa shape index (κ3) is 2.39. The molecule has 0 aromatic heterocycles. The molecule has 2 heterocycles. The first-order chi connectivity index (χ1) is 9.97. The second kappa shape index (κ2) is 5.10. The van der Waals surface area contributed by atoms with Crippen LogP contribution in [0.3, 0.4) is 0 Å². The monoisotopic (exact) mass is 291 g/mol. The van der Waals surface area contributed by atoms with Gasteiger partial charge in [-0.2, -0.15) is 0 Å². The van der Waals surface area contributed by atoms with E-state index in [-0.39, 0.29) is 12.3 Å². The van der Waals surface area contributed by atoms with Gasteiger partial charge in [0.25, 0.3) is 5.91 Å². The van der Waals surface area contributed by atoms with Gasteiger partial charge in [-0.1, -0.05) is 0 Å². The van der Waals surface area contributed by atoms with Crippen molar-refractivity contribution in [2.24, 2.45) is 0 Å². The summed E-state index contributed by atoms with van der Waals surface area (Å²) in [7, 11) is 0. The van der Waals surface area contributed by atoms with Crippen LogP contribution in [0.5, 0.6) is 0 Å². The number of carbonyl (C=O) groups is 2. The molecular weight excluding hydrogens is 274 g/mol. The molecule has 3 rings (SSSR count). The summed E-state index contributed by atoms with van der Waals surface area (Å²) >= 11 is 0. The van der Waals surface area contributed by atoms with E-state index in [0.717, 1.165) is 4.90 Å². The summed E-state index contributed by atoms with van der Waals surface area (Å²) in [5.41, 5.74) is 7.22. The molecule has 0 aliphatic carbocycles. The van der Waals surface area contributed by atoms with Crippen molar-refractivity contribution < 1.29 is 19.8 Å². The lowest BCUT2D eigenvalue weighted by Gasteiger charge is -2.40. The molecule has 0 spiro atoms. The average Bonchev–Trinajstić information content (AvgIpc) is 2.40. The lowest BCUT2D eigenvalue weighted by Crippen LogP contribution is -2.61. The smallest absolute Gasteiger partial charge is 0.261 e. The van der Waals surface area contributed by atoms with Crippen molar-refractivity contribution in [3.05, 3.63) is 29.3 Å². The minimum atomic E-state index is -1.13. The Hall–Kier alpha value is -1.96. The van der Waals surface area contributed by atoms with E-state index in [1.807, 2.05) is 0 Å². The molecule has 112 valence electrons. The second-order valence-corrected chi connectivity index (χ2v) is 5.43. The zero-order valence-electron chi connectivity index (χ0n) is 11.3.